The minimum atomic E-state index is -3.25. The van der Waals surface area contributed by atoms with Crippen molar-refractivity contribution in [2.45, 2.75) is 71.1 Å². The highest BCUT2D eigenvalue weighted by molar-refractivity contribution is 7.85. The van der Waals surface area contributed by atoms with E-state index in [0.717, 1.165) is 19.1 Å². The Hall–Kier alpha value is -0.350. The summed E-state index contributed by atoms with van der Waals surface area (Å²) in [6.45, 7) is 2.55. The summed E-state index contributed by atoms with van der Waals surface area (Å²) in [5.41, 5.74) is 0. The predicted molar refractivity (Wildman–Crippen MR) is 81.8 cm³/mol. The van der Waals surface area contributed by atoms with Crippen LogP contribution in [0.4, 0.5) is 0 Å². The number of unbranched alkanes of at least 4 members (excludes halogenated alkanes) is 8. The van der Waals surface area contributed by atoms with Crippen molar-refractivity contribution in [3.63, 3.8) is 0 Å². The average molecular weight is 290 g/mol. The summed E-state index contributed by atoms with van der Waals surface area (Å²) in [7, 11) is -3.25. The molecule has 19 heavy (non-hydrogen) atoms. The van der Waals surface area contributed by atoms with Crippen LogP contribution in [0.2, 0.25) is 0 Å². The summed E-state index contributed by atoms with van der Waals surface area (Å²) in [5, 5.41) is 0. The lowest BCUT2D eigenvalue weighted by Gasteiger charge is -2.01. The molecule has 0 aliphatic carbocycles. The zero-order valence-corrected chi connectivity index (χ0v) is 13.4. The summed E-state index contributed by atoms with van der Waals surface area (Å²) < 4.78 is 26.1. The highest BCUT2D eigenvalue weighted by Crippen LogP contribution is 2.08. The summed E-state index contributed by atoms with van der Waals surface area (Å²) in [5.74, 6) is 0. The van der Waals surface area contributed by atoms with Gasteiger partial charge >= 0.3 is 0 Å². The SMILES string of the molecule is CCCC/C=C\CCCCCCCCOS(C)(=O)=O. The second kappa shape index (κ2) is 12.7. The molecule has 0 N–H and O–H groups in total. The first-order chi connectivity index (χ1) is 9.06. The van der Waals surface area contributed by atoms with Gasteiger partial charge in [-0.15, -0.1) is 0 Å². The van der Waals surface area contributed by atoms with E-state index in [4.69, 9.17) is 0 Å². The molecule has 0 aromatic heterocycles. The van der Waals surface area contributed by atoms with Crippen molar-refractivity contribution >= 4 is 10.1 Å². The van der Waals surface area contributed by atoms with Gasteiger partial charge in [-0.2, -0.15) is 8.42 Å². The molecule has 0 aliphatic heterocycles. The van der Waals surface area contributed by atoms with Gasteiger partial charge in [0, 0.05) is 0 Å². The molecule has 0 bridgehead atoms. The van der Waals surface area contributed by atoms with E-state index >= 15 is 0 Å². The van der Waals surface area contributed by atoms with E-state index < -0.39 is 10.1 Å². The molecule has 0 radical (unpaired) electrons. The Labute approximate surface area is 119 Å². The monoisotopic (exact) mass is 290 g/mol. The van der Waals surface area contributed by atoms with E-state index in [1.165, 1.54) is 51.4 Å². The van der Waals surface area contributed by atoms with Gasteiger partial charge in [0.15, 0.2) is 0 Å². The highest BCUT2D eigenvalue weighted by Gasteiger charge is 1.99. The van der Waals surface area contributed by atoms with E-state index in [1.54, 1.807) is 0 Å². The first kappa shape index (κ1) is 18.7. The van der Waals surface area contributed by atoms with Gasteiger partial charge in [-0.05, 0) is 25.7 Å². The van der Waals surface area contributed by atoms with E-state index in [1.807, 2.05) is 0 Å². The van der Waals surface area contributed by atoms with Crippen LogP contribution in [-0.4, -0.2) is 21.3 Å². The molecule has 0 fully saturated rings. The smallest absolute Gasteiger partial charge is 0.264 e. The van der Waals surface area contributed by atoms with Gasteiger partial charge in [-0.3, -0.25) is 4.18 Å². The van der Waals surface area contributed by atoms with Crippen LogP contribution in [0, 0.1) is 0 Å². The van der Waals surface area contributed by atoms with Gasteiger partial charge in [0.25, 0.3) is 10.1 Å². The van der Waals surface area contributed by atoms with Crippen LogP contribution in [-0.2, 0) is 14.3 Å². The first-order valence-corrected chi connectivity index (χ1v) is 9.37. The minimum Gasteiger partial charge on any atom is -0.270 e. The molecule has 4 heteroatoms. The van der Waals surface area contributed by atoms with E-state index in [0.29, 0.717) is 6.61 Å². The summed E-state index contributed by atoms with van der Waals surface area (Å²) >= 11 is 0. The van der Waals surface area contributed by atoms with Crippen molar-refractivity contribution in [3.8, 4) is 0 Å². The molecule has 0 saturated heterocycles. The van der Waals surface area contributed by atoms with Crippen LogP contribution in [0.1, 0.15) is 71.1 Å². The third kappa shape index (κ3) is 17.6. The van der Waals surface area contributed by atoms with Crippen molar-refractivity contribution < 1.29 is 12.6 Å². The van der Waals surface area contributed by atoms with Gasteiger partial charge in [0.2, 0.25) is 0 Å². The van der Waals surface area contributed by atoms with Gasteiger partial charge in [-0.25, -0.2) is 0 Å². The molecule has 114 valence electrons. The highest BCUT2D eigenvalue weighted by atomic mass is 32.2. The molecule has 0 heterocycles. The van der Waals surface area contributed by atoms with Crippen LogP contribution in [0.15, 0.2) is 12.2 Å². The van der Waals surface area contributed by atoms with Crippen LogP contribution in [0.3, 0.4) is 0 Å². The van der Waals surface area contributed by atoms with Crippen molar-refractivity contribution in [1.82, 2.24) is 0 Å². The van der Waals surface area contributed by atoms with E-state index in [2.05, 4.69) is 23.3 Å². The van der Waals surface area contributed by atoms with Crippen molar-refractivity contribution in [2.75, 3.05) is 12.9 Å². The fourth-order valence-corrected chi connectivity index (χ4v) is 2.26. The number of hydrogen-bond donors (Lipinski definition) is 0. The lowest BCUT2D eigenvalue weighted by atomic mass is 10.1. The fourth-order valence-electron chi connectivity index (χ4n) is 1.84. The van der Waals surface area contributed by atoms with E-state index in [9.17, 15) is 8.42 Å². The van der Waals surface area contributed by atoms with Crippen LogP contribution in [0.5, 0.6) is 0 Å². The van der Waals surface area contributed by atoms with Crippen molar-refractivity contribution in [1.29, 1.82) is 0 Å². The third-order valence-electron chi connectivity index (χ3n) is 2.95. The Morgan fingerprint density at radius 3 is 1.95 bits per heavy atom. The maximum atomic E-state index is 10.7. The van der Waals surface area contributed by atoms with Gasteiger partial charge < -0.3 is 0 Å². The Morgan fingerprint density at radius 1 is 0.842 bits per heavy atom. The fraction of sp³-hybridized carbons (Fsp3) is 0.867. The molecular formula is C15H30O3S. The minimum absolute atomic E-state index is 0.332. The zero-order chi connectivity index (χ0) is 14.4. The topological polar surface area (TPSA) is 43.4 Å². The molecular weight excluding hydrogens is 260 g/mol. The number of allylic oxidation sites excluding steroid dienone is 2. The van der Waals surface area contributed by atoms with Crippen LogP contribution >= 0.6 is 0 Å². The van der Waals surface area contributed by atoms with E-state index in [-0.39, 0.29) is 0 Å². The molecule has 0 aromatic carbocycles. The first-order valence-electron chi connectivity index (χ1n) is 7.55. The van der Waals surface area contributed by atoms with Crippen LogP contribution < -0.4 is 0 Å². The Bertz CT molecular complexity index is 307. The number of rotatable bonds is 13. The maximum Gasteiger partial charge on any atom is 0.264 e. The second-order valence-corrected chi connectivity index (χ2v) is 6.69. The third-order valence-corrected chi connectivity index (χ3v) is 3.55. The molecule has 0 amide bonds. The molecule has 0 unspecified atom stereocenters. The molecule has 0 atom stereocenters. The number of hydrogen-bond acceptors (Lipinski definition) is 3. The van der Waals surface area contributed by atoms with Gasteiger partial charge in [0.05, 0.1) is 12.9 Å². The molecule has 0 aliphatic rings. The van der Waals surface area contributed by atoms with Crippen molar-refractivity contribution in [3.05, 3.63) is 12.2 Å². The van der Waals surface area contributed by atoms with Gasteiger partial charge in [-0.1, -0.05) is 57.6 Å². The summed E-state index contributed by atoms with van der Waals surface area (Å²) in [4.78, 5) is 0. The molecule has 0 aromatic rings. The molecule has 0 spiro atoms. The Kier molecular flexibility index (Phi) is 12.4. The van der Waals surface area contributed by atoms with Gasteiger partial charge in [0.1, 0.15) is 0 Å². The average Bonchev–Trinajstić information content (AvgIpc) is 2.34. The Morgan fingerprint density at radius 2 is 1.37 bits per heavy atom. The standard InChI is InChI=1S/C15H30O3S/c1-3-4-5-6-7-8-9-10-11-12-13-14-15-18-19(2,16)17/h6-7H,3-5,8-15H2,1-2H3/b7-6-. The van der Waals surface area contributed by atoms with Crippen LogP contribution in [0.25, 0.3) is 0 Å². The Balaban J connectivity index is 3.13. The lowest BCUT2D eigenvalue weighted by Crippen LogP contribution is -2.03. The predicted octanol–water partition coefficient (Wildman–Crippen LogP) is 4.44. The summed E-state index contributed by atoms with van der Waals surface area (Å²) in [6, 6.07) is 0. The molecule has 0 rings (SSSR count). The maximum absolute atomic E-state index is 10.7. The normalized spacial score (nSPS) is 12.3. The quantitative estimate of drug-likeness (QED) is 0.286. The second-order valence-electron chi connectivity index (χ2n) is 5.05. The lowest BCUT2D eigenvalue weighted by molar-refractivity contribution is 0.309. The largest absolute Gasteiger partial charge is 0.270 e. The molecule has 3 nitrogen and oxygen atoms in total. The van der Waals surface area contributed by atoms with Crippen molar-refractivity contribution in [2.24, 2.45) is 0 Å². The summed E-state index contributed by atoms with van der Waals surface area (Å²) in [6.07, 6.45) is 17.5. The zero-order valence-electron chi connectivity index (χ0n) is 12.6. The molecule has 0 saturated carbocycles.